The molecule has 0 radical (unpaired) electrons. The van der Waals surface area contributed by atoms with E-state index in [1.807, 2.05) is 0 Å². The van der Waals surface area contributed by atoms with Gasteiger partial charge in [0.05, 0.1) is 20.3 Å². The molecule has 0 saturated carbocycles. The summed E-state index contributed by atoms with van der Waals surface area (Å²) in [5.41, 5.74) is -0.128. The van der Waals surface area contributed by atoms with Gasteiger partial charge < -0.3 is 14.4 Å². The fraction of sp³-hybridized carbons (Fsp3) is 0.750. The van der Waals surface area contributed by atoms with Gasteiger partial charge in [0.2, 0.25) is 5.95 Å². The summed E-state index contributed by atoms with van der Waals surface area (Å²) in [6.45, 7) is 9.24. The number of aromatic nitrogens is 3. The zero-order chi connectivity index (χ0) is 13.2. The van der Waals surface area contributed by atoms with E-state index in [9.17, 15) is 0 Å². The van der Waals surface area contributed by atoms with Crippen LogP contribution in [0.3, 0.4) is 0 Å². The molecule has 18 heavy (non-hydrogen) atoms. The maximum Gasteiger partial charge on any atom is 0.321 e. The molecule has 0 amide bonds. The Kier molecular flexibility index (Phi) is 3.65. The standard InChI is InChI=1S/C12H20N4O2/c1-12(2,3)9-13-10(15-11(14-9)17-4)16-5-7-18-8-6-16/h5-8H2,1-4H3. The van der Waals surface area contributed by atoms with E-state index in [4.69, 9.17) is 9.47 Å². The number of hydrogen-bond donors (Lipinski definition) is 0. The van der Waals surface area contributed by atoms with E-state index in [2.05, 4.69) is 40.6 Å². The third kappa shape index (κ3) is 2.87. The molecule has 0 N–H and O–H groups in total. The van der Waals surface area contributed by atoms with Crippen LogP contribution in [0, 0.1) is 0 Å². The lowest BCUT2D eigenvalue weighted by Gasteiger charge is -2.28. The molecule has 2 heterocycles. The number of rotatable bonds is 2. The van der Waals surface area contributed by atoms with Crippen LogP contribution in [-0.4, -0.2) is 48.4 Å². The molecule has 2 rings (SSSR count). The highest BCUT2D eigenvalue weighted by Crippen LogP contribution is 2.22. The van der Waals surface area contributed by atoms with Crippen molar-refractivity contribution in [3.63, 3.8) is 0 Å². The van der Waals surface area contributed by atoms with Crippen LogP contribution in [0.15, 0.2) is 0 Å². The number of ether oxygens (including phenoxy) is 2. The van der Waals surface area contributed by atoms with Gasteiger partial charge in [0, 0.05) is 18.5 Å². The molecular weight excluding hydrogens is 232 g/mol. The molecule has 100 valence electrons. The highest BCUT2D eigenvalue weighted by atomic mass is 16.5. The van der Waals surface area contributed by atoms with Crippen LogP contribution in [-0.2, 0) is 10.2 Å². The summed E-state index contributed by atoms with van der Waals surface area (Å²) in [5.74, 6) is 1.42. The first-order valence-electron chi connectivity index (χ1n) is 6.14. The Balaban J connectivity index is 2.34. The average Bonchev–Trinajstić information content (AvgIpc) is 2.38. The molecule has 1 aliphatic rings. The van der Waals surface area contributed by atoms with Crippen molar-refractivity contribution in [3.8, 4) is 6.01 Å². The molecular formula is C12H20N4O2. The predicted octanol–water partition coefficient (Wildman–Crippen LogP) is 1.01. The quantitative estimate of drug-likeness (QED) is 0.783. The molecule has 6 heteroatoms. The van der Waals surface area contributed by atoms with Crippen LogP contribution < -0.4 is 9.64 Å². The highest BCUT2D eigenvalue weighted by Gasteiger charge is 2.23. The van der Waals surface area contributed by atoms with E-state index in [1.165, 1.54) is 0 Å². The first-order chi connectivity index (χ1) is 8.50. The average molecular weight is 252 g/mol. The summed E-state index contributed by atoms with van der Waals surface area (Å²) in [5, 5.41) is 0. The summed E-state index contributed by atoms with van der Waals surface area (Å²) in [6, 6.07) is 0.372. The lowest BCUT2D eigenvalue weighted by Crippen LogP contribution is -2.38. The summed E-state index contributed by atoms with van der Waals surface area (Å²) in [6.07, 6.45) is 0. The van der Waals surface area contributed by atoms with E-state index in [-0.39, 0.29) is 5.41 Å². The zero-order valence-corrected chi connectivity index (χ0v) is 11.4. The summed E-state index contributed by atoms with van der Waals surface area (Å²) < 4.78 is 10.5. The molecule has 0 spiro atoms. The number of hydrogen-bond acceptors (Lipinski definition) is 6. The molecule has 0 aromatic carbocycles. The van der Waals surface area contributed by atoms with Gasteiger partial charge in [-0.2, -0.15) is 15.0 Å². The smallest absolute Gasteiger partial charge is 0.321 e. The van der Waals surface area contributed by atoms with E-state index < -0.39 is 0 Å². The predicted molar refractivity (Wildman–Crippen MR) is 68.1 cm³/mol. The first kappa shape index (κ1) is 13.0. The number of anilines is 1. The van der Waals surface area contributed by atoms with Gasteiger partial charge in [-0.05, 0) is 0 Å². The van der Waals surface area contributed by atoms with E-state index in [0.29, 0.717) is 25.2 Å². The van der Waals surface area contributed by atoms with Crippen molar-refractivity contribution >= 4 is 5.95 Å². The van der Waals surface area contributed by atoms with Crippen molar-refractivity contribution in [2.75, 3.05) is 38.3 Å². The molecule has 0 bridgehead atoms. The van der Waals surface area contributed by atoms with Gasteiger partial charge in [0.1, 0.15) is 5.82 Å². The number of morpholine rings is 1. The maximum absolute atomic E-state index is 5.33. The van der Waals surface area contributed by atoms with Gasteiger partial charge in [-0.1, -0.05) is 20.8 Å². The highest BCUT2D eigenvalue weighted by molar-refractivity contribution is 5.32. The van der Waals surface area contributed by atoms with Crippen LogP contribution in [0.2, 0.25) is 0 Å². The molecule has 1 aromatic heterocycles. The molecule has 1 aromatic rings. The Morgan fingerprint density at radius 2 is 1.78 bits per heavy atom. The number of methoxy groups -OCH3 is 1. The Morgan fingerprint density at radius 1 is 1.11 bits per heavy atom. The minimum Gasteiger partial charge on any atom is -0.467 e. The third-order valence-corrected chi connectivity index (χ3v) is 2.75. The molecule has 1 saturated heterocycles. The molecule has 1 aliphatic heterocycles. The molecule has 0 aliphatic carbocycles. The van der Waals surface area contributed by atoms with Crippen molar-refractivity contribution in [1.82, 2.24) is 15.0 Å². The summed E-state index contributed by atoms with van der Waals surface area (Å²) in [7, 11) is 1.57. The summed E-state index contributed by atoms with van der Waals surface area (Å²) >= 11 is 0. The SMILES string of the molecule is COc1nc(N2CCOCC2)nc(C(C)(C)C)n1. The lowest BCUT2D eigenvalue weighted by molar-refractivity contribution is 0.122. The second-order valence-corrected chi connectivity index (χ2v) is 5.30. The van der Waals surface area contributed by atoms with Gasteiger partial charge in [0.25, 0.3) is 0 Å². The first-order valence-corrected chi connectivity index (χ1v) is 6.14. The van der Waals surface area contributed by atoms with Crippen LogP contribution in [0.4, 0.5) is 5.95 Å². The van der Waals surface area contributed by atoms with E-state index in [0.717, 1.165) is 18.9 Å². The minimum atomic E-state index is -0.128. The van der Waals surface area contributed by atoms with Gasteiger partial charge in [-0.25, -0.2) is 0 Å². The van der Waals surface area contributed by atoms with Crippen molar-refractivity contribution in [3.05, 3.63) is 5.82 Å². The third-order valence-electron chi connectivity index (χ3n) is 2.75. The molecule has 0 atom stereocenters. The second-order valence-electron chi connectivity index (χ2n) is 5.30. The van der Waals surface area contributed by atoms with Crippen molar-refractivity contribution in [2.24, 2.45) is 0 Å². The van der Waals surface area contributed by atoms with Crippen molar-refractivity contribution < 1.29 is 9.47 Å². The van der Waals surface area contributed by atoms with Gasteiger partial charge in [-0.15, -0.1) is 0 Å². The molecule has 0 unspecified atom stereocenters. The van der Waals surface area contributed by atoms with Crippen molar-refractivity contribution in [1.29, 1.82) is 0 Å². The van der Waals surface area contributed by atoms with Gasteiger partial charge >= 0.3 is 6.01 Å². The molecule has 1 fully saturated rings. The van der Waals surface area contributed by atoms with E-state index >= 15 is 0 Å². The zero-order valence-electron chi connectivity index (χ0n) is 11.4. The Hall–Kier alpha value is -1.43. The van der Waals surface area contributed by atoms with E-state index in [1.54, 1.807) is 7.11 Å². The minimum absolute atomic E-state index is 0.128. The Labute approximate surface area is 107 Å². The topological polar surface area (TPSA) is 60.4 Å². The van der Waals surface area contributed by atoms with Crippen LogP contribution >= 0.6 is 0 Å². The Morgan fingerprint density at radius 3 is 2.33 bits per heavy atom. The van der Waals surface area contributed by atoms with Crippen molar-refractivity contribution in [2.45, 2.75) is 26.2 Å². The van der Waals surface area contributed by atoms with Crippen LogP contribution in [0.1, 0.15) is 26.6 Å². The Bertz CT molecular complexity index is 411. The van der Waals surface area contributed by atoms with Crippen LogP contribution in [0.5, 0.6) is 6.01 Å². The summed E-state index contributed by atoms with van der Waals surface area (Å²) in [4.78, 5) is 15.3. The largest absolute Gasteiger partial charge is 0.467 e. The maximum atomic E-state index is 5.33. The molecule has 6 nitrogen and oxygen atoms in total. The van der Waals surface area contributed by atoms with Crippen LogP contribution in [0.25, 0.3) is 0 Å². The van der Waals surface area contributed by atoms with Gasteiger partial charge in [-0.3, -0.25) is 0 Å². The normalized spacial score (nSPS) is 16.8. The lowest BCUT2D eigenvalue weighted by atomic mass is 9.96. The monoisotopic (exact) mass is 252 g/mol. The van der Waals surface area contributed by atoms with Gasteiger partial charge in [0.15, 0.2) is 0 Å². The fourth-order valence-corrected chi connectivity index (χ4v) is 1.68. The number of nitrogens with zero attached hydrogens (tertiary/aromatic N) is 4. The fourth-order valence-electron chi connectivity index (χ4n) is 1.68. The second kappa shape index (κ2) is 5.06.